The molecule has 0 saturated carbocycles. The van der Waals surface area contributed by atoms with Gasteiger partial charge in [-0.15, -0.1) is 0 Å². The van der Waals surface area contributed by atoms with E-state index < -0.39 is 0 Å². The molecule has 1 aromatic heterocycles. The van der Waals surface area contributed by atoms with Crippen molar-refractivity contribution >= 4 is 21.8 Å². The fourth-order valence-electron chi connectivity index (χ4n) is 5.53. The minimum Gasteiger partial charge on any atom is -0.340 e. The number of hydrogen-bond donors (Lipinski definition) is 0. The third-order valence-corrected chi connectivity index (χ3v) is 6.97. The highest BCUT2D eigenvalue weighted by Gasteiger charge is 2.37. The van der Waals surface area contributed by atoms with Gasteiger partial charge in [-0.2, -0.15) is 0 Å². The van der Waals surface area contributed by atoms with Gasteiger partial charge >= 0.3 is 0 Å². The Kier molecular flexibility index (Phi) is 3.47. The zero-order chi connectivity index (χ0) is 19.6. The minimum absolute atomic E-state index is 0.0419. The van der Waals surface area contributed by atoms with E-state index in [0.717, 1.165) is 13.0 Å². The molecule has 0 saturated heterocycles. The van der Waals surface area contributed by atoms with Crippen LogP contribution in [0, 0.1) is 5.92 Å². The molecule has 142 valence electrons. The van der Waals surface area contributed by atoms with Crippen LogP contribution in [0.25, 0.3) is 32.9 Å². The SMILES string of the molecule is CC1(C)c2ccccc2-c2c1ccc1c2c2ccccc2n1CC1C=CC=CC1. The number of rotatable bonds is 2. The van der Waals surface area contributed by atoms with E-state index in [2.05, 4.69) is 103 Å². The Morgan fingerprint density at radius 1 is 0.862 bits per heavy atom. The molecule has 1 unspecified atom stereocenters. The van der Waals surface area contributed by atoms with Crippen LogP contribution in [-0.2, 0) is 12.0 Å². The zero-order valence-electron chi connectivity index (χ0n) is 17.0. The van der Waals surface area contributed by atoms with Crippen molar-refractivity contribution in [3.63, 3.8) is 0 Å². The summed E-state index contributed by atoms with van der Waals surface area (Å²) in [4.78, 5) is 0. The Bertz CT molecular complexity index is 1330. The van der Waals surface area contributed by atoms with Crippen molar-refractivity contribution in [3.8, 4) is 11.1 Å². The number of fused-ring (bicyclic) bond motifs is 7. The largest absolute Gasteiger partial charge is 0.340 e. The second-order valence-corrected chi connectivity index (χ2v) is 8.99. The second kappa shape index (κ2) is 5.97. The van der Waals surface area contributed by atoms with Crippen molar-refractivity contribution in [3.05, 3.63) is 96.1 Å². The summed E-state index contributed by atoms with van der Waals surface area (Å²) in [5.41, 5.74) is 8.49. The average molecular weight is 376 g/mol. The van der Waals surface area contributed by atoms with Crippen LogP contribution in [0.5, 0.6) is 0 Å². The number of benzene rings is 3. The predicted molar refractivity (Wildman–Crippen MR) is 123 cm³/mol. The van der Waals surface area contributed by atoms with E-state index in [9.17, 15) is 0 Å². The lowest BCUT2D eigenvalue weighted by atomic mass is 9.82. The number of nitrogens with zero attached hydrogens (tertiary/aromatic N) is 1. The highest BCUT2D eigenvalue weighted by atomic mass is 15.0. The molecule has 1 heteroatoms. The van der Waals surface area contributed by atoms with Gasteiger partial charge < -0.3 is 4.57 Å². The van der Waals surface area contributed by atoms with Gasteiger partial charge in [-0.25, -0.2) is 0 Å². The summed E-state index contributed by atoms with van der Waals surface area (Å²) in [6.45, 7) is 5.75. The number of allylic oxidation sites excluding steroid dienone is 4. The van der Waals surface area contributed by atoms with Crippen molar-refractivity contribution in [1.82, 2.24) is 4.57 Å². The summed E-state index contributed by atoms with van der Waals surface area (Å²) in [6.07, 6.45) is 10.1. The van der Waals surface area contributed by atoms with Gasteiger partial charge in [0.25, 0.3) is 0 Å². The molecule has 29 heavy (non-hydrogen) atoms. The Balaban J connectivity index is 1.69. The van der Waals surface area contributed by atoms with Gasteiger partial charge in [0.15, 0.2) is 0 Å². The van der Waals surface area contributed by atoms with E-state index >= 15 is 0 Å². The molecule has 3 aromatic carbocycles. The van der Waals surface area contributed by atoms with E-state index in [4.69, 9.17) is 0 Å². The van der Waals surface area contributed by atoms with Crippen LogP contribution in [0.2, 0.25) is 0 Å². The third-order valence-electron chi connectivity index (χ3n) is 6.97. The highest BCUT2D eigenvalue weighted by molar-refractivity contribution is 6.17. The third kappa shape index (κ3) is 2.28. The first-order valence-corrected chi connectivity index (χ1v) is 10.6. The summed E-state index contributed by atoms with van der Waals surface area (Å²) < 4.78 is 2.55. The molecular weight excluding hydrogens is 350 g/mol. The molecular formula is C28H25N. The standard InChI is InChI=1S/C28H25N/c1-28(2)22-14-8-6-12-20(22)26-23(28)16-17-25-27(26)21-13-7-9-15-24(21)29(25)18-19-10-4-3-5-11-19/h3-10,12-17,19H,11,18H2,1-2H3. The first-order valence-electron chi connectivity index (χ1n) is 10.6. The molecule has 0 radical (unpaired) electrons. The molecule has 0 aliphatic heterocycles. The van der Waals surface area contributed by atoms with E-state index in [1.807, 2.05) is 0 Å². The number of aromatic nitrogens is 1. The monoisotopic (exact) mass is 375 g/mol. The van der Waals surface area contributed by atoms with Crippen LogP contribution in [0.1, 0.15) is 31.4 Å². The molecule has 0 fully saturated rings. The maximum absolute atomic E-state index is 2.55. The van der Waals surface area contributed by atoms with Crippen LogP contribution in [0.4, 0.5) is 0 Å². The fourth-order valence-corrected chi connectivity index (χ4v) is 5.53. The second-order valence-electron chi connectivity index (χ2n) is 8.99. The minimum atomic E-state index is 0.0419. The molecule has 0 N–H and O–H groups in total. The normalized spacial score (nSPS) is 19.0. The molecule has 0 spiro atoms. The number of para-hydroxylation sites is 1. The molecule has 2 aliphatic rings. The van der Waals surface area contributed by atoms with Gasteiger partial charge in [0.1, 0.15) is 0 Å². The van der Waals surface area contributed by atoms with Gasteiger partial charge in [-0.1, -0.05) is 86.7 Å². The summed E-state index contributed by atoms with van der Waals surface area (Å²) in [5.74, 6) is 0.552. The van der Waals surface area contributed by atoms with Crippen LogP contribution in [0.3, 0.4) is 0 Å². The maximum atomic E-state index is 2.55. The molecule has 1 nitrogen and oxygen atoms in total. The van der Waals surface area contributed by atoms with Crippen molar-refractivity contribution in [2.75, 3.05) is 0 Å². The van der Waals surface area contributed by atoms with Crippen molar-refractivity contribution in [2.45, 2.75) is 32.2 Å². The van der Waals surface area contributed by atoms with E-state index in [-0.39, 0.29) is 5.41 Å². The fraction of sp³-hybridized carbons (Fsp3) is 0.214. The van der Waals surface area contributed by atoms with Gasteiger partial charge in [0, 0.05) is 33.8 Å². The maximum Gasteiger partial charge on any atom is 0.0498 e. The quantitative estimate of drug-likeness (QED) is 0.348. The Hall–Kier alpha value is -3.06. The Morgan fingerprint density at radius 2 is 1.69 bits per heavy atom. The summed E-state index contributed by atoms with van der Waals surface area (Å²) in [5, 5.41) is 2.80. The molecule has 0 bridgehead atoms. The van der Waals surface area contributed by atoms with Crippen LogP contribution in [-0.4, -0.2) is 4.57 Å². The topological polar surface area (TPSA) is 4.93 Å². The van der Waals surface area contributed by atoms with Crippen LogP contribution < -0.4 is 0 Å². The molecule has 1 atom stereocenters. The summed E-state index contributed by atoms with van der Waals surface area (Å²) in [6, 6.07) is 22.7. The molecule has 0 amide bonds. The van der Waals surface area contributed by atoms with Gasteiger partial charge in [-0.05, 0) is 46.7 Å². The summed E-state index contributed by atoms with van der Waals surface area (Å²) >= 11 is 0. The van der Waals surface area contributed by atoms with Gasteiger partial charge in [0.2, 0.25) is 0 Å². The van der Waals surface area contributed by atoms with E-state index in [1.165, 1.54) is 44.1 Å². The summed E-state index contributed by atoms with van der Waals surface area (Å²) in [7, 11) is 0. The lowest BCUT2D eigenvalue weighted by Crippen LogP contribution is -2.14. The average Bonchev–Trinajstić information content (AvgIpc) is 3.19. The highest BCUT2D eigenvalue weighted by Crippen LogP contribution is 2.52. The molecule has 6 rings (SSSR count). The van der Waals surface area contributed by atoms with Crippen LogP contribution >= 0.6 is 0 Å². The molecule has 4 aromatic rings. The lowest BCUT2D eigenvalue weighted by molar-refractivity contribution is 0.554. The zero-order valence-corrected chi connectivity index (χ0v) is 17.0. The van der Waals surface area contributed by atoms with Crippen molar-refractivity contribution < 1.29 is 0 Å². The first kappa shape index (κ1) is 16.9. The number of hydrogen-bond acceptors (Lipinski definition) is 0. The van der Waals surface area contributed by atoms with Gasteiger partial charge in [-0.3, -0.25) is 0 Å². The Morgan fingerprint density at radius 3 is 2.55 bits per heavy atom. The smallest absolute Gasteiger partial charge is 0.0498 e. The lowest BCUT2D eigenvalue weighted by Gasteiger charge is -2.21. The van der Waals surface area contributed by atoms with E-state index in [1.54, 1.807) is 0 Å². The van der Waals surface area contributed by atoms with Gasteiger partial charge in [0.05, 0.1) is 0 Å². The van der Waals surface area contributed by atoms with Crippen LogP contribution in [0.15, 0.2) is 85.0 Å². The predicted octanol–water partition coefficient (Wildman–Crippen LogP) is 7.23. The van der Waals surface area contributed by atoms with E-state index in [0.29, 0.717) is 5.92 Å². The Labute approximate surface area is 172 Å². The molecule has 2 aliphatic carbocycles. The molecule has 1 heterocycles. The first-order chi connectivity index (χ1) is 14.2. The van der Waals surface area contributed by atoms with Crippen molar-refractivity contribution in [1.29, 1.82) is 0 Å². The van der Waals surface area contributed by atoms with Crippen molar-refractivity contribution in [2.24, 2.45) is 5.92 Å².